The zero-order valence-corrected chi connectivity index (χ0v) is 50.4. The first kappa shape index (κ1) is 61.5. The Bertz CT molecular complexity index is 3160. The number of hydrogen-bond acceptors (Lipinski definition) is 15. The average Bonchev–Trinajstić information content (AvgIpc) is 2.59. The van der Waals surface area contributed by atoms with E-state index in [-0.39, 0.29) is 81.7 Å². The Labute approximate surface area is 497 Å². The fourth-order valence-corrected chi connectivity index (χ4v) is 10.9. The highest BCUT2D eigenvalue weighted by Gasteiger charge is 2.45. The lowest BCUT2D eigenvalue weighted by atomic mass is 10.0. The normalized spacial score (nSPS) is 18.8. The van der Waals surface area contributed by atoms with Gasteiger partial charge in [0.05, 0.1) is 62.0 Å². The van der Waals surface area contributed by atoms with Gasteiger partial charge in [-0.1, -0.05) is 43.5 Å². The minimum atomic E-state index is -1.52. The predicted molar refractivity (Wildman–Crippen MR) is 314 cm³/mol. The van der Waals surface area contributed by atoms with Gasteiger partial charge in [0.1, 0.15) is 27.7 Å². The first-order valence-corrected chi connectivity index (χ1v) is 29.1. The van der Waals surface area contributed by atoms with Gasteiger partial charge in [0.2, 0.25) is 17.7 Å². The Morgan fingerprint density at radius 1 is 0.711 bits per heavy atom. The van der Waals surface area contributed by atoms with Crippen LogP contribution in [0.5, 0.6) is 23.0 Å². The molecule has 3 aromatic carbocycles. The molecule has 8 amide bonds. The Kier molecular flexibility index (Phi) is 20.2. The van der Waals surface area contributed by atoms with Gasteiger partial charge < -0.3 is 54.5 Å². The molecule has 0 aliphatic carbocycles. The molecule has 0 unspecified atom stereocenters. The van der Waals surface area contributed by atoms with E-state index in [9.17, 15) is 43.5 Å². The highest BCUT2D eigenvalue weighted by molar-refractivity contribution is 9.14. The van der Waals surface area contributed by atoms with Crippen molar-refractivity contribution in [1.29, 1.82) is 0 Å². The van der Waals surface area contributed by atoms with Crippen LogP contribution in [0.15, 0.2) is 86.0 Å². The van der Waals surface area contributed by atoms with E-state index in [0.29, 0.717) is 85.6 Å². The van der Waals surface area contributed by atoms with E-state index in [0.717, 1.165) is 27.4 Å². The number of halogens is 2. The molecule has 83 heavy (non-hydrogen) atoms. The van der Waals surface area contributed by atoms with Crippen molar-refractivity contribution in [2.45, 2.75) is 129 Å². The number of ether oxygens (including phenoxy) is 5. The van der Waals surface area contributed by atoms with Crippen molar-refractivity contribution in [1.82, 2.24) is 25.3 Å². The van der Waals surface area contributed by atoms with Crippen LogP contribution in [0.25, 0.3) is 0 Å². The molecule has 22 nitrogen and oxygen atoms in total. The van der Waals surface area contributed by atoms with Gasteiger partial charge in [-0.2, -0.15) is 0 Å². The Morgan fingerprint density at radius 2 is 1.31 bits per heavy atom. The van der Waals surface area contributed by atoms with Crippen molar-refractivity contribution in [2.75, 3.05) is 44.2 Å². The molecule has 0 saturated carbocycles. The number of amides is 8. The summed E-state index contributed by atoms with van der Waals surface area (Å²) in [7, 11) is 2.96. The van der Waals surface area contributed by atoms with Crippen LogP contribution in [-0.4, -0.2) is 138 Å². The number of unbranched alkanes of at least 4 members (excludes halogenated alkanes) is 4. The summed E-state index contributed by atoms with van der Waals surface area (Å²) in [5.41, 5.74) is 3.94. The lowest BCUT2D eigenvalue weighted by molar-refractivity contribution is -0.137. The molecule has 4 N–H and O–H groups in total. The molecule has 5 heterocycles. The van der Waals surface area contributed by atoms with Gasteiger partial charge in [-0.15, -0.1) is 0 Å². The van der Waals surface area contributed by atoms with E-state index in [1.807, 2.05) is 20.0 Å². The summed E-state index contributed by atoms with van der Waals surface area (Å²) in [5.74, 6) is -1.80. The number of benzene rings is 3. The van der Waals surface area contributed by atoms with Crippen LogP contribution in [0.3, 0.4) is 0 Å². The summed E-state index contributed by atoms with van der Waals surface area (Å²) in [5, 5.41) is 20.1. The molecule has 8 rings (SSSR count). The number of carbonyl (C=O) groups excluding carboxylic acids is 8. The summed E-state index contributed by atoms with van der Waals surface area (Å²) in [6, 6.07) is 9.96. The van der Waals surface area contributed by atoms with Crippen molar-refractivity contribution in [2.24, 2.45) is 10.9 Å². The van der Waals surface area contributed by atoms with Gasteiger partial charge in [0.15, 0.2) is 29.2 Å². The number of fused-ring (bicyclic) bond motifs is 4. The maximum atomic E-state index is 14.2. The monoisotopic (exact) mass is 1270 g/mol. The molecule has 0 fully saturated rings. The number of aliphatic hydroxyl groups is 1. The number of nitrogens with zero attached hydrogens (tertiary/aromatic N) is 5. The summed E-state index contributed by atoms with van der Waals surface area (Å²) in [4.78, 5) is 116. The number of aliphatic hydroxyl groups excluding tert-OH is 1. The number of hydrogen-bond donors (Lipinski definition) is 4. The molecule has 0 radical (unpaired) electrons. The zero-order valence-electron chi connectivity index (χ0n) is 47.3. The van der Waals surface area contributed by atoms with E-state index in [2.05, 4.69) is 52.8 Å². The molecule has 0 bridgehead atoms. The van der Waals surface area contributed by atoms with Crippen molar-refractivity contribution < 1.29 is 67.1 Å². The molecule has 0 aromatic heterocycles. The van der Waals surface area contributed by atoms with E-state index in [1.54, 1.807) is 67.6 Å². The first-order chi connectivity index (χ1) is 39.7. The van der Waals surface area contributed by atoms with Crippen LogP contribution >= 0.6 is 31.9 Å². The fourth-order valence-electron chi connectivity index (χ4n) is 10.2. The largest absolute Gasteiger partial charge is 0.493 e. The van der Waals surface area contributed by atoms with Crippen LogP contribution in [0, 0.1) is 5.92 Å². The second-order valence-corrected chi connectivity index (χ2v) is 22.8. The third kappa shape index (κ3) is 14.1. The number of carbonyl (C=O) groups is 8. The smallest absolute Gasteiger partial charge is 0.416 e. The molecular formula is C59H68Br2N8O14. The number of aliphatic imine (C=N–C) groups is 1. The van der Waals surface area contributed by atoms with E-state index in [1.165, 1.54) is 38.2 Å². The van der Waals surface area contributed by atoms with E-state index in [4.69, 9.17) is 23.7 Å². The fraction of sp³-hybridized carbons (Fsp3) is 0.441. The minimum Gasteiger partial charge on any atom is -0.493 e. The second-order valence-electron chi connectivity index (χ2n) is 21.2. The lowest BCUT2D eigenvalue weighted by Gasteiger charge is -2.31. The standard InChI is InChI=1S/C59H68Br2N8O14/c1-32(2)51(65-48(70)14-10-8-11-19-66-57(76)49(60)50(61)58(66)77)53(72)63-35(5)52(71)64-37-17-15-36(16-18-37)31-83-59(78)69-42-27-47(45(80-7)25-40(42)55(74)68-30-34(4)23-43(68)56(69)75)82-21-13-9-12-20-81-46-26-41-39(24-44(46)79-6)54(73)67-29-33(3)22-38(67)28-62-41/h15-18,24-30,32,35,38,43,51,56,75H,8-14,19-23,31H2,1-7H3,(H,63,72)(H,64,71)(H,65,70)/t35-,38-,43-,51-,56-/m1/s1. The third-order valence-electron chi connectivity index (χ3n) is 14.7. The predicted octanol–water partition coefficient (Wildman–Crippen LogP) is 8.27. The number of nitrogens with one attached hydrogen (secondary N) is 3. The van der Waals surface area contributed by atoms with E-state index < -0.39 is 60.0 Å². The van der Waals surface area contributed by atoms with Gasteiger partial charge in [-0.3, -0.25) is 43.5 Å². The maximum absolute atomic E-state index is 14.2. The van der Waals surface area contributed by atoms with Crippen LogP contribution < -0.4 is 39.8 Å². The molecule has 5 aliphatic heterocycles. The lowest BCUT2D eigenvalue weighted by Crippen LogP contribution is -2.53. The van der Waals surface area contributed by atoms with Crippen molar-refractivity contribution >= 4 is 103 Å². The quantitative estimate of drug-likeness (QED) is 0.0486. The summed E-state index contributed by atoms with van der Waals surface area (Å²) >= 11 is 6.21. The third-order valence-corrected chi connectivity index (χ3v) is 16.7. The summed E-state index contributed by atoms with van der Waals surface area (Å²) < 4.78 is 29.8. The Hall–Kier alpha value is -7.57. The van der Waals surface area contributed by atoms with Gasteiger partial charge in [0.25, 0.3) is 23.6 Å². The highest BCUT2D eigenvalue weighted by Crippen LogP contribution is 2.43. The number of rotatable bonds is 24. The summed E-state index contributed by atoms with van der Waals surface area (Å²) in [6.45, 7) is 9.41. The van der Waals surface area contributed by atoms with Gasteiger partial charge in [0, 0.05) is 49.4 Å². The first-order valence-electron chi connectivity index (χ1n) is 27.5. The van der Waals surface area contributed by atoms with E-state index >= 15 is 0 Å². The number of anilines is 2. The average molecular weight is 1270 g/mol. The Morgan fingerprint density at radius 3 is 1.96 bits per heavy atom. The zero-order chi connectivity index (χ0) is 59.8. The highest BCUT2D eigenvalue weighted by atomic mass is 79.9. The molecule has 5 atom stereocenters. The molecule has 24 heteroatoms. The maximum Gasteiger partial charge on any atom is 0.416 e. The van der Waals surface area contributed by atoms with Gasteiger partial charge in [-0.25, -0.2) is 9.69 Å². The molecular weight excluding hydrogens is 1200 g/mol. The van der Waals surface area contributed by atoms with Crippen molar-refractivity contribution in [3.8, 4) is 23.0 Å². The van der Waals surface area contributed by atoms with Crippen molar-refractivity contribution in [3.05, 3.63) is 97.7 Å². The molecule has 442 valence electrons. The molecule has 5 aliphatic rings. The topological polar surface area (TPSA) is 264 Å². The van der Waals surface area contributed by atoms with Crippen LogP contribution in [0.2, 0.25) is 0 Å². The molecule has 0 spiro atoms. The molecule has 3 aromatic rings. The number of imide groups is 1. The Balaban J connectivity index is 0.823. The van der Waals surface area contributed by atoms with Crippen LogP contribution in [0.4, 0.5) is 21.9 Å². The second kappa shape index (κ2) is 27.2. The number of methoxy groups -OCH3 is 2. The van der Waals surface area contributed by atoms with Gasteiger partial charge >= 0.3 is 6.09 Å². The van der Waals surface area contributed by atoms with Crippen LogP contribution in [0.1, 0.15) is 119 Å². The molecule has 0 saturated heterocycles. The van der Waals surface area contributed by atoms with Gasteiger partial charge in [-0.05, 0) is 133 Å². The van der Waals surface area contributed by atoms with Crippen LogP contribution in [-0.2, 0) is 35.3 Å². The summed E-state index contributed by atoms with van der Waals surface area (Å²) in [6.07, 6.45) is 7.45. The minimum absolute atomic E-state index is 0.0618. The SMILES string of the molecule is COc1cc2c(cc1OCCCCCOc1cc3c(cc1OC)C(=O)N1C=C(C)C[C@@H]1[C@@H](O)N3C(=O)OCc1ccc(NC(=O)[C@@H](C)NC(=O)[C@H](NC(=O)CCCCCN3C(=O)C(Br)=C(Br)C3=O)C(C)C)cc1)N=C[C@H]1CC(C)=CN1C2=O. The van der Waals surface area contributed by atoms with Crippen molar-refractivity contribution in [3.63, 3.8) is 0 Å².